The van der Waals surface area contributed by atoms with Gasteiger partial charge in [0.15, 0.2) is 12.1 Å². The van der Waals surface area contributed by atoms with Crippen LogP contribution in [-0.2, 0) is 14.4 Å². The molecule has 43 heavy (non-hydrogen) atoms. The summed E-state index contributed by atoms with van der Waals surface area (Å²) >= 11 is 0. The van der Waals surface area contributed by atoms with Crippen molar-refractivity contribution in [3.8, 4) is 0 Å². The molecule has 0 aliphatic heterocycles. The van der Waals surface area contributed by atoms with Gasteiger partial charge in [-0.05, 0) is 38.5 Å². The minimum Gasteiger partial charge on any atom is -0.544 e. The van der Waals surface area contributed by atoms with Gasteiger partial charge in [0.05, 0.1) is 12.5 Å². The van der Waals surface area contributed by atoms with Gasteiger partial charge >= 0.3 is 11.9 Å². The minimum absolute atomic E-state index is 0.131. The van der Waals surface area contributed by atoms with Crippen molar-refractivity contribution in [3.63, 3.8) is 0 Å². The number of carboxylic acids is 3. The number of quaternary nitrogens is 1. The van der Waals surface area contributed by atoms with Crippen molar-refractivity contribution < 1.29 is 34.2 Å². The SMILES string of the molecule is CCCCCCC/C=C/CCCCCCCCCCCCCCC[N+](C(CC)C(=O)[O-])(C(CC)C(=O)O)C(CC)C(=O)O. The highest BCUT2D eigenvalue weighted by molar-refractivity contribution is 5.77. The van der Waals surface area contributed by atoms with Crippen molar-refractivity contribution in [3.05, 3.63) is 12.2 Å². The molecule has 0 aromatic rings. The van der Waals surface area contributed by atoms with Gasteiger partial charge in [-0.1, -0.05) is 130 Å². The maximum absolute atomic E-state index is 12.3. The Balaban J connectivity index is 4.29. The smallest absolute Gasteiger partial charge is 0.362 e. The lowest BCUT2D eigenvalue weighted by Gasteiger charge is -2.51. The molecule has 0 saturated heterocycles. The molecule has 0 spiro atoms. The third-order valence-corrected chi connectivity index (χ3v) is 9.30. The average Bonchev–Trinajstić information content (AvgIpc) is 2.96. The Bertz CT molecular complexity index is 697. The van der Waals surface area contributed by atoms with Gasteiger partial charge in [-0.3, -0.25) is 4.48 Å². The minimum atomic E-state index is -1.36. The molecule has 2 N–H and O–H groups in total. The molecule has 3 unspecified atom stereocenters. The van der Waals surface area contributed by atoms with Crippen LogP contribution in [0.25, 0.3) is 0 Å². The second-order valence-corrected chi connectivity index (χ2v) is 12.5. The van der Waals surface area contributed by atoms with Gasteiger partial charge in [0.25, 0.3) is 0 Å². The third kappa shape index (κ3) is 16.7. The van der Waals surface area contributed by atoms with E-state index in [0.717, 1.165) is 19.3 Å². The number of aliphatic carboxylic acids is 3. The summed E-state index contributed by atoms with van der Waals surface area (Å²) in [6.07, 6.45) is 29.5. The van der Waals surface area contributed by atoms with Gasteiger partial charge in [-0.25, -0.2) is 9.59 Å². The van der Waals surface area contributed by atoms with Crippen LogP contribution in [0.3, 0.4) is 0 Å². The molecule has 0 aliphatic rings. The highest BCUT2D eigenvalue weighted by Crippen LogP contribution is 2.32. The number of hydrogen-bond donors (Lipinski definition) is 2. The first-order chi connectivity index (χ1) is 20.7. The Kier molecular flexibility index (Phi) is 25.3. The Morgan fingerprint density at radius 3 is 1.16 bits per heavy atom. The molecule has 252 valence electrons. The van der Waals surface area contributed by atoms with E-state index in [0.29, 0.717) is 6.42 Å². The van der Waals surface area contributed by atoms with E-state index in [2.05, 4.69) is 19.1 Å². The zero-order valence-corrected chi connectivity index (χ0v) is 28.3. The van der Waals surface area contributed by atoms with Crippen molar-refractivity contribution in [1.29, 1.82) is 0 Å². The predicted octanol–water partition coefficient (Wildman–Crippen LogP) is 8.44. The van der Waals surface area contributed by atoms with E-state index >= 15 is 0 Å². The van der Waals surface area contributed by atoms with Crippen LogP contribution in [0, 0.1) is 0 Å². The van der Waals surface area contributed by atoms with Gasteiger partial charge in [0, 0.05) is 19.3 Å². The average molecular weight is 610 g/mol. The van der Waals surface area contributed by atoms with Crippen LogP contribution in [0.5, 0.6) is 0 Å². The second-order valence-electron chi connectivity index (χ2n) is 12.5. The Morgan fingerprint density at radius 2 is 0.860 bits per heavy atom. The molecule has 0 amide bonds. The first-order valence-corrected chi connectivity index (χ1v) is 17.9. The Hall–Kier alpha value is -1.89. The highest BCUT2D eigenvalue weighted by atomic mass is 16.4. The maximum Gasteiger partial charge on any atom is 0.362 e. The van der Waals surface area contributed by atoms with Crippen LogP contribution < -0.4 is 5.11 Å². The van der Waals surface area contributed by atoms with Crippen LogP contribution >= 0.6 is 0 Å². The number of hydrogen-bond acceptors (Lipinski definition) is 4. The quantitative estimate of drug-likeness (QED) is 0.0463. The van der Waals surface area contributed by atoms with Crippen molar-refractivity contribution in [2.45, 2.75) is 193 Å². The number of rotatable bonds is 31. The van der Waals surface area contributed by atoms with E-state index in [1.807, 2.05) is 0 Å². The molecule has 0 aliphatic carbocycles. The molecule has 7 heteroatoms. The largest absolute Gasteiger partial charge is 0.544 e. The summed E-state index contributed by atoms with van der Waals surface area (Å²) in [4.78, 5) is 36.7. The van der Waals surface area contributed by atoms with Gasteiger partial charge < -0.3 is 20.1 Å². The summed E-state index contributed by atoms with van der Waals surface area (Å²) in [5, 5.41) is 32.2. The normalized spacial score (nSPS) is 15.3. The number of carbonyl (C=O) groups excluding carboxylic acids is 1. The van der Waals surface area contributed by atoms with Crippen molar-refractivity contribution >= 4 is 17.9 Å². The summed E-state index contributed by atoms with van der Waals surface area (Å²) in [7, 11) is 0. The zero-order chi connectivity index (χ0) is 32.3. The molecule has 0 bridgehead atoms. The number of carbonyl (C=O) groups is 3. The first kappa shape index (κ1) is 41.1. The molecular weight excluding hydrogens is 542 g/mol. The van der Waals surface area contributed by atoms with Crippen LogP contribution in [0.2, 0.25) is 0 Å². The molecule has 0 aromatic heterocycles. The molecular formula is C36H67NO6. The fourth-order valence-corrected chi connectivity index (χ4v) is 6.96. The van der Waals surface area contributed by atoms with Crippen molar-refractivity contribution in [1.82, 2.24) is 0 Å². The predicted molar refractivity (Wildman–Crippen MR) is 175 cm³/mol. The molecule has 7 nitrogen and oxygen atoms in total. The van der Waals surface area contributed by atoms with Gasteiger partial charge in [-0.15, -0.1) is 0 Å². The van der Waals surface area contributed by atoms with E-state index in [9.17, 15) is 29.7 Å². The summed E-state index contributed by atoms with van der Waals surface area (Å²) in [5.41, 5.74) is 0. The molecule has 0 rings (SSSR count). The summed E-state index contributed by atoms with van der Waals surface area (Å²) in [6.45, 7) is 7.54. The van der Waals surface area contributed by atoms with E-state index in [4.69, 9.17) is 0 Å². The van der Waals surface area contributed by atoms with Crippen molar-refractivity contribution in [2.75, 3.05) is 6.54 Å². The zero-order valence-electron chi connectivity index (χ0n) is 28.3. The highest BCUT2D eigenvalue weighted by Gasteiger charge is 2.53. The van der Waals surface area contributed by atoms with E-state index in [1.165, 1.54) is 103 Å². The van der Waals surface area contributed by atoms with E-state index in [-0.39, 0.29) is 25.8 Å². The lowest BCUT2D eigenvalue weighted by atomic mass is 9.93. The maximum atomic E-state index is 12.3. The third-order valence-electron chi connectivity index (χ3n) is 9.30. The van der Waals surface area contributed by atoms with Crippen LogP contribution in [0.4, 0.5) is 0 Å². The lowest BCUT2D eigenvalue weighted by Crippen LogP contribution is -2.73. The van der Waals surface area contributed by atoms with E-state index < -0.39 is 40.5 Å². The van der Waals surface area contributed by atoms with Crippen LogP contribution in [-0.4, -0.2) is 57.3 Å². The number of carboxylic acid groups (broad SMARTS) is 3. The number of allylic oxidation sites excluding steroid dienone is 2. The fraction of sp³-hybridized carbons (Fsp3) is 0.861. The summed E-state index contributed by atoms with van der Waals surface area (Å²) < 4.78 is -0.466. The molecule has 3 atom stereocenters. The molecule has 0 heterocycles. The Morgan fingerprint density at radius 1 is 0.535 bits per heavy atom. The van der Waals surface area contributed by atoms with E-state index in [1.54, 1.807) is 20.8 Å². The van der Waals surface area contributed by atoms with Gasteiger partial charge in [0.1, 0.15) is 6.04 Å². The fourth-order valence-electron chi connectivity index (χ4n) is 6.96. The van der Waals surface area contributed by atoms with Crippen LogP contribution in [0.1, 0.15) is 175 Å². The van der Waals surface area contributed by atoms with Crippen molar-refractivity contribution in [2.24, 2.45) is 0 Å². The number of nitrogens with zero attached hydrogens (tertiary/aromatic N) is 1. The lowest BCUT2D eigenvalue weighted by molar-refractivity contribution is -0.974. The molecule has 0 aromatic carbocycles. The Labute approximate surface area is 264 Å². The topological polar surface area (TPSA) is 115 Å². The van der Waals surface area contributed by atoms with Gasteiger partial charge in [0.2, 0.25) is 0 Å². The summed E-state index contributed by atoms with van der Waals surface area (Å²) in [6, 6.07) is -3.37. The molecule has 0 saturated carbocycles. The van der Waals surface area contributed by atoms with Gasteiger partial charge in [-0.2, -0.15) is 0 Å². The second kappa shape index (κ2) is 26.5. The molecule has 0 radical (unpaired) electrons. The van der Waals surface area contributed by atoms with Crippen LogP contribution in [0.15, 0.2) is 12.2 Å². The molecule has 0 fully saturated rings. The number of unbranched alkanes of at least 4 members (excludes halogenated alkanes) is 18. The monoisotopic (exact) mass is 609 g/mol. The first-order valence-electron chi connectivity index (χ1n) is 17.9. The standard InChI is InChI=1S/C36H67NO6/c1-5-9-10-11-12-13-14-15-16-17-18-19-20-21-22-23-24-25-26-27-28-29-30-37(31(6-2)34(38)39,32(7-3)35(40)41)33(8-4)36(42)43/h14-15,31-33H,5-13,16-30H2,1-4H3,(H2-,38,39,40,41,42,43)/b15-14+. The summed E-state index contributed by atoms with van der Waals surface area (Å²) in [5.74, 6) is -3.64.